The summed E-state index contributed by atoms with van der Waals surface area (Å²) in [6.07, 6.45) is 7.24. The lowest BCUT2D eigenvalue weighted by atomic mass is 9.53. The molecule has 0 heterocycles. The third-order valence-electron chi connectivity index (χ3n) is 7.53. The van der Waals surface area contributed by atoms with Crippen LogP contribution in [0.2, 0.25) is 0 Å². The molecule has 100 valence electrons. The van der Waals surface area contributed by atoms with Crippen molar-refractivity contribution in [1.82, 2.24) is 0 Å². The summed E-state index contributed by atoms with van der Waals surface area (Å²) in [5.74, 6) is 5.05. The predicted molar refractivity (Wildman–Crippen MR) is 78.1 cm³/mol. The molecule has 0 aromatic carbocycles. The van der Waals surface area contributed by atoms with Gasteiger partial charge >= 0.3 is 0 Å². The van der Waals surface area contributed by atoms with Crippen LogP contribution in [0.5, 0.6) is 0 Å². The highest BCUT2D eigenvalue weighted by molar-refractivity contribution is 5.20. The maximum Gasteiger partial charge on any atom is -0.0196 e. The first-order valence-electron chi connectivity index (χ1n) is 7.61. The van der Waals surface area contributed by atoms with Crippen molar-refractivity contribution >= 4 is 0 Å². The summed E-state index contributed by atoms with van der Waals surface area (Å²) in [6, 6.07) is 0. The second-order valence-electron chi connectivity index (χ2n) is 8.08. The zero-order chi connectivity index (χ0) is 13.3. The van der Waals surface area contributed by atoms with Gasteiger partial charge in [0.05, 0.1) is 0 Å². The largest absolute Gasteiger partial charge is 0.103 e. The Morgan fingerprint density at radius 3 is 1.50 bits per heavy atom. The standard InChI is InChI=1S/C18H28/c1-7-11-9-12(8-2)16-14-10-13(15(11)16)17(3,4)18(14,5)6/h7-8,11-16H,1-2,9-10H2,3-6H3. The summed E-state index contributed by atoms with van der Waals surface area (Å²) >= 11 is 0. The van der Waals surface area contributed by atoms with Crippen molar-refractivity contribution in [2.24, 2.45) is 46.3 Å². The van der Waals surface area contributed by atoms with Crippen LogP contribution in [-0.4, -0.2) is 0 Å². The van der Waals surface area contributed by atoms with Crippen LogP contribution in [0.4, 0.5) is 0 Å². The Kier molecular flexibility index (Phi) is 2.45. The minimum absolute atomic E-state index is 0.482. The van der Waals surface area contributed by atoms with Crippen LogP contribution in [0.25, 0.3) is 0 Å². The average Bonchev–Trinajstić information content (AvgIpc) is 2.88. The summed E-state index contributed by atoms with van der Waals surface area (Å²) in [6.45, 7) is 18.2. The van der Waals surface area contributed by atoms with Gasteiger partial charge in [-0.3, -0.25) is 0 Å². The fraction of sp³-hybridized carbons (Fsp3) is 0.778. The Morgan fingerprint density at radius 1 is 0.778 bits per heavy atom. The van der Waals surface area contributed by atoms with Gasteiger partial charge in [-0.15, -0.1) is 13.2 Å². The lowest BCUT2D eigenvalue weighted by Gasteiger charge is -2.51. The molecule has 3 saturated carbocycles. The van der Waals surface area contributed by atoms with Crippen molar-refractivity contribution in [2.75, 3.05) is 0 Å². The summed E-state index contributed by atoms with van der Waals surface area (Å²) in [4.78, 5) is 0. The molecular weight excluding hydrogens is 216 g/mol. The number of rotatable bonds is 2. The topological polar surface area (TPSA) is 0 Å². The van der Waals surface area contributed by atoms with E-state index in [0.29, 0.717) is 10.8 Å². The van der Waals surface area contributed by atoms with Gasteiger partial charge in [0, 0.05) is 0 Å². The first kappa shape index (κ1) is 12.5. The van der Waals surface area contributed by atoms with Gasteiger partial charge in [0.1, 0.15) is 0 Å². The van der Waals surface area contributed by atoms with E-state index >= 15 is 0 Å². The zero-order valence-corrected chi connectivity index (χ0v) is 12.4. The van der Waals surface area contributed by atoms with Crippen LogP contribution in [0.1, 0.15) is 40.5 Å². The quantitative estimate of drug-likeness (QED) is 0.604. The fourth-order valence-corrected chi connectivity index (χ4v) is 5.93. The molecule has 0 spiro atoms. The molecule has 0 heteroatoms. The van der Waals surface area contributed by atoms with E-state index in [-0.39, 0.29) is 0 Å². The third-order valence-corrected chi connectivity index (χ3v) is 7.53. The zero-order valence-electron chi connectivity index (χ0n) is 12.4. The lowest BCUT2D eigenvalue weighted by molar-refractivity contribution is -0.0324. The number of allylic oxidation sites excluding steroid dienone is 2. The van der Waals surface area contributed by atoms with Crippen LogP contribution < -0.4 is 0 Å². The highest BCUT2D eigenvalue weighted by Crippen LogP contribution is 2.74. The Labute approximate surface area is 113 Å². The van der Waals surface area contributed by atoms with Crippen molar-refractivity contribution in [3.05, 3.63) is 25.3 Å². The van der Waals surface area contributed by atoms with Crippen molar-refractivity contribution in [1.29, 1.82) is 0 Å². The van der Waals surface area contributed by atoms with Crippen LogP contribution in [-0.2, 0) is 0 Å². The van der Waals surface area contributed by atoms with Gasteiger partial charge in [-0.25, -0.2) is 0 Å². The maximum absolute atomic E-state index is 4.11. The number of hydrogen-bond acceptors (Lipinski definition) is 0. The van der Waals surface area contributed by atoms with Crippen molar-refractivity contribution in [3.63, 3.8) is 0 Å². The van der Waals surface area contributed by atoms with E-state index in [2.05, 4.69) is 53.0 Å². The molecule has 0 radical (unpaired) electrons. The SMILES string of the molecule is C=CC1CC(C=C)C2C1C1CC2C(C)(C)C1(C)C. The van der Waals surface area contributed by atoms with E-state index < -0.39 is 0 Å². The van der Waals surface area contributed by atoms with Crippen molar-refractivity contribution in [2.45, 2.75) is 40.5 Å². The van der Waals surface area contributed by atoms with Crippen LogP contribution >= 0.6 is 0 Å². The molecule has 0 aliphatic heterocycles. The van der Waals surface area contributed by atoms with Gasteiger partial charge in [-0.2, -0.15) is 0 Å². The van der Waals surface area contributed by atoms with Gasteiger partial charge in [0.25, 0.3) is 0 Å². The Hall–Kier alpha value is -0.520. The third kappa shape index (κ3) is 1.18. The first-order valence-corrected chi connectivity index (χ1v) is 7.61. The number of hydrogen-bond donors (Lipinski definition) is 0. The van der Waals surface area contributed by atoms with Crippen LogP contribution in [0.15, 0.2) is 25.3 Å². The fourth-order valence-electron chi connectivity index (χ4n) is 5.93. The maximum atomic E-state index is 4.11. The molecule has 6 unspecified atom stereocenters. The second-order valence-corrected chi connectivity index (χ2v) is 8.08. The molecule has 0 amide bonds. The minimum atomic E-state index is 0.482. The molecule has 0 saturated heterocycles. The molecule has 6 atom stereocenters. The molecule has 0 N–H and O–H groups in total. The highest BCUT2D eigenvalue weighted by Gasteiger charge is 2.68. The van der Waals surface area contributed by atoms with Gasteiger partial charge < -0.3 is 0 Å². The molecule has 0 aromatic rings. The predicted octanol–water partition coefficient (Wildman–Crippen LogP) is 4.93. The molecule has 3 aliphatic carbocycles. The smallest absolute Gasteiger partial charge is 0.0196 e. The lowest BCUT2D eigenvalue weighted by Crippen LogP contribution is -2.46. The van der Waals surface area contributed by atoms with Gasteiger partial charge in [-0.05, 0) is 59.2 Å². The summed E-state index contributed by atoms with van der Waals surface area (Å²) < 4.78 is 0. The molecule has 3 aliphatic rings. The minimum Gasteiger partial charge on any atom is -0.103 e. The first-order chi connectivity index (χ1) is 8.36. The summed E-state index contributed by atoms with van der Waals surface area (Å²) in [5, 5.41) is 0. The van der Waals surface area contributed by atoms with E-state index in [0.717, 1.165) is 35.5 Å². The van der Waals surface area contributed by atoms with E-state index in [9.17, 15) is 0 Å². The van der Waals surface area contributed by atoms with E-state index in [1.165, 1.54) is 12.8 Å². The molecule has 0 aromatic heterocycles. The molecule has 3 rings (SSSR count). The second kappa shape index (κ2) is 3.52. The average molecular weight is 244 g/mol. The Morgan fingerprint density at radius 2 is 1.17 bits per heavy atom. The van der Waals surface area contributed by atoms with E-state index in [1.54, 1.807) is 0 Å². The van der Waals surface area contributed by atoms with E-state index in [4.69, 9.17) is 0 Å². The van der Waals surface area contributed by atoms with Crippen LogP contribution in [0, 0.1) is 46.3 Å². The van der Waals surface area contributed by atoms with Crippen LogP contribution in [0.3, 0.4) is 0 Å². The van der Waals surface area contributed by atoms with Gasteiger partial charge in [0.2, 0.25) is 0 Å². The molecule has 2 bridgehead atoms. The molecule has 18 heavy (non-hydrogen) atoms. The summed E-state index contributed by atoms with van der Waals surface area (Å²) in [5.41, 5.74) is 0.965. The van der Waals surface area contributed by atoms with Crippen molar-refractivity contribution in [3.8, 4) is 0 Å². The normalized spacial score (nSPS) is 51.1. The van der Waals surface area contributed by atoms with Gasteiger partial charge in [0.15, 0.2) is 0 Å². The van der Waals surface area contributed by atoms with E-state index in [1.807, 2.05) is 0 Å². The molecule has 3 fully saturated rings. The number of fused-ring (bicyclic) bond motifs is 5. The monoisotopic (exact) mass is 244 g/mol. The Balaban J connectivity index is 2.04. The molecular formula is C18H28. The van der Waals surface area contributed by atoms with Crippen molar-refractivity contribution < 1.29 is 0 Å². The Bertz CT molecular complexity index is 351. The van der Waals surface area contributed by atoms with Gasteiger partial charge in [-0.1, -0.05) is 39.8 Å². The molecule has 0 nitrogen and oxygen atoms in total. The summed E-state index contributed by atoms with van der Waals surface area (Å²) in [7, 11) is 0. The highest BCUT2D eigenvalue weighted by atomic mass is 14.7.